The van der Waals surface area contributed by atoms with Crippen molar-refractivity contribution in [2.75, 3.05) is 6.61 Å². The number of hydrogen-bond donors (Lipinski definition) is 2. The summed E-state index contributed by atoms with van der Waals surface area (Å²) in [7, 11) is 0. The summed E-state index contributed by atoms with van der Waals surface area (Å²) in [6, 6.07) is 11.7. The number of esters is 1. The molecule has 2 aromatic carbocycles. The van der Waals surface area contributed by atoms with Gasteiger partial charge in [0.15, 0.2) is 0 Å². The summed E-state index contributed by atoms with van der Waals surface area (Å²) in [5, 5.41) is 7.70. The van der Waals surface area contributed by atoms with Gasteiger partial charge in [-0.15, -0.1) is 0 Å². The van der Waals surface area contributed by atoms with Crippen LogP contribution >= 0.6 is 0 Å². The number of carbonyl (C=O) groups is 3. The van der Waals surface area contributed by atoms with Crippen LogP contribution < -0.4 is 10.6 Å². The molecule has 0 heterocycles. The molecule has 2 aromatic rings. The van der Waals surface area contributed by atoms with E-state index in [1.807, 2.05) is 70.2 Å². The summed E-state index contributed by atoms with van der Waals surface area (Å²) in [4.78, 5) is 42.7. The largest absolute Gasteiger partial charge is 0.464 e. The van der Waals surface area contributed by atoms with E-state index in [4.69, 9.17) is 4.74 Å². The molecule has 7 nitrogen and oxygen atoms in total. The average molecular weight is 468 g/mol. The minimum atomic E-state index is -0.804. The lowest BCUT2D eigenvalue weighted by Gasteiger charge is -2.27. The van der Waals surface area contributed by atoms with Gasteiger partial charge in [0.2, 0.25) is 11.8 Å². The van der Waals surface area contributed by atoms with Crippen molar-refractivity contribution in [2.24, 2.45) is 16.8 Å². The molecule has 2 amide bonds. The monoisotopic (exact) mass is 467 g/mol. The molecule has 0 aliphatic carbocycles. The zero-order valence-corrected chi connectivity index (χ0v) is 21.0. The van der Waals surface area contributed by atoms with Crippen molar-refractivity contribution in [3.8, 4) is 0 Å². The molecule has 0 saturated heterocycles. The maximum absolute atomic E-state index is 13.2. The maximum atomic E-state index is 13.2. The van der Waals surface area contributed by atoms with Crippen molar-refractivity contribution in [2.45, 2.75) is 66.1 Å². The Balaban J connectivity index is 2.21. The summed E-state index contributed by atoms with van der Waals surface area (Å²) in [6.45, 7) is 11.2. The van der Waals surface area contributed by atoms with E-state index in [0.717, 1.165) is 16.3 Å². The molecule has 0 radical (unpaired) electrons. The number of nitrogens with zero attached hydrogens (tertiary/aromatic N) is 1. The smallest absolute Gasteiger partial charge is 0.328 e. The highest BCUT2D eigenvalue weighted by Crippen LogP contribution is 2.18. The predicted octanol–water partition coefficient (Wildman–Crippen LogP) is 3.88. The highest BCUT2D eigenvalue weighted by molar-refractivity contribution is 6.00. The van der Waals surface area contributed by atoms with E-state index in [-0.39, 0.29) is 24.3 Å². The summed E-state index contributed by atoms with van der Waals surface area (Å²) in [5.41, 5.74) is 0.927. The van der Waals surface area contributed by atoms with Crippen molar-refractivity contribution in [1.29, 1.82) is 0 Å². The lowest BCUT2D eigenvalue weighted by atomic mass is 9.96. The predicted molar refractivity (Wildman–Crippen MR) is 136 cm³/mol. The van der Waals surface area contributed by atoms with Crippen molar-refractivity contribution in [1.82, 2.24) is 10.6 Å². The molecular weight excluding hydrogens is 430 g/mol. The van der Waals surface area contributed by atoms with Crippen LogP contribution in [0.2, 0.25) is 0 Å². The van der Waals surface area contributed by atoms with E-state index in [0.29, 0.717) is 6.42 Å². The number of nitrogens with one attached hydrogen (secondary N) is 2. The van der Waals surface area contributed by atoms with E-state index < -0.39 is 30.0 Å². The van der Waals surface area contributed by atoms with E-state index >= 15 is 0 Å². The topological polar surface area (TPSA) is 96.9 Å². The van der Waals surface area contributed by atoms with Crippen LogP contribution in [0.1, 0.15) is 53.5 Å². The molecule has 0 fully saturated rings. The quantitative estimate of drug-likeness (QED) is 0.387. The number of aliphatic imine (C=N–C) groups is 1. The summed E-state index contributed by atoms with van der Waals surface area (Å²) in [5.74, 6) is -1.46. The van der Waals surface area contributed by atoms with E-state index in [1.54, 1.807) is 20.1 Å². The Kier molecular flexibility index (Phi) is 10.2. The van der Waals surface area contributed by atoms with E-state index in [1.165, 1.54) is 0 Å². The molecular formula is C27H37N3O4. The third-order valence-electron chi connectivity index (χ3n) is 5.89. The molecule has 0 aromatic heterocycles. The van der Waals surface area contributed by atoms with Crippen LogP contribution in [-0.4, -0.2) is 48.7 Å². The van der Waals surface area contributed by atoms with Crippen LogP contribution in [0, 0.1) is 11.8 Å². The van der Waals surface area contributed by atoms with Gasteiger partial charge in [0, 0.05) is 11.8 Å². The second-order valence-corrected chi connectivity index (χ2v) is 8.89. The van der Waals surface area contributed by atoms with Crippen molar-refractivity contribution in [3.63, 3.8) is 0 Å². The number of ether oxygens (including phenoxy) is 1. The average Bonchev–Trinajstić information content (AvgIpc) is 2.82. The third-order valence-corrected chi connectivity index (χ3v) is 5.89. The van der Waals surface area contributed by atoms with Gasteiger partial charge in [0.1, 0.15) is 18.1 Å². The third kappa shape index (κ3) is 7.14. The second kappa shape index (κ2) is 12.9. The van der Waals surface area contributed by atoms with Crippen molar-refractivity contribution in [3.05, 3.63) is 48.0 Å². The molecule has 7 heteroatoms. The Labute approximate surface area is 202 Å². The van der Waals surface area contributed by atoms with Gasteiger partial charge in [-0.25, -0.2) is 4.79 Å². The van der Waals surface area contributed by atoms with E-state index in [2.05, 4.69) is 15.6 Å². The van der Waals surface area contributed by atoms with Crippen LogP contribution in [0.5, 0.6) is 0 Å². The normalized spacial score (nSPS) is 15.0. The number of hydrogen-bond acceptors (Lipinski definition) is 5. The molecule has 0 saturated carbocycles. The SMILES string of the molecule is CCOC(=O)C(C)NC(=O)C(NC(=O)C(N=Cc1cccc2ccccc12)C(C)C)C(C)CC. The van der Waals surface area contributed by atoms with Crippen LogP contribution in [0.4, 0.5) is 0 Å². The number of fused-ring (bicyclic) bond motifs is 1. The van der Waals surface area contributed by atoms with Crippen molar-refractivity contribution < 1.29 is 19.1 Å². The van der Waals surface area contributed by atoms with Crippen LogP contribution in [0.25, 0.3) is 10.8 Å². The highest BCUT2D eigenvalue weighted by Gasteiger charge is 2.31. The molecule has 4 atom stereocenters. The Morgan fingerprint density at radius 1 is 0.941 bits per heavy atom. The fourth-order valence-corrected chi connectivity index (χ4v) is 3.64. The standard InChI is InChI=1S/C27H37N3O4/c1-7-18(5)24(26(32)29-19(6)27(33)34-8-2)30-25(31)23(17(3)4)28-16-21-14-11-13-20-12-9-10-15-22(20)21/h9-19,23-24H,7-8H2,1-6H3,(H,29,32)(H,30,31). The minimum absolute atomic E-state index is 0.0784. The van der Waals surface area contributed by atoms with Gasteiger partial charge in [0.05, 0.1) is 6.61 Å². The molecule has 34 heavy (non-hydrogen) atoms. The molecule has 184 valence electrons. The highest BCUT2D eigenvalue weighted by atomic mass is 16.5. The minimum Gasteiger partial charge on any atom is -0.464 e. The van der Waals surface area contributed by atoms with Gasteiger partial charge in [-0.05, 0) is 36.5 Å². The summed E-state index contributed by atoms with van der Waals surface area (Å²) < 4.78 is 4.97. The van der Waals surface area contributed by atoms with Gasteiger partial charge >= 0.3 is 5.97 Å². The van der Waals surface area contributed by atoms with Gasteiger partial charge in [-0.2, -0.15) is 0 Å². The molecule has 2 N–H and O–H groups in total. The molecule has 2 rings (SSSR count). The number of benzene rings is 2. The lowest BCUT2D eigenvalue weighted by Crippen LogP contribution is -2.55. The number of rotatable bonds is 11. The Morgan fingerprint density at radius 3 is 2.26 bits per heavy atom. The molecule has 0 spiro atoms. The van der Waals surface area contributed by atoms with E-state index in [9.17, 15) is 14.4 Å². The van der Waals surface area contributed by atoms with Gasteiger partial charge in [-0.3, -0.25) is 14.6 Å². The van der Waals surface area contributed by atoms with Gasteiger partial charge < -0.3 is 15.4 Å². The zero-order chi connectivity index (χ0) is 25.3. The first-order chi connectivity index (χ1) is 16.2. The number of carbonyl (C=O) groups excluding carboxylic acids is 3. The Morgan fingerprint density at radius 2 is 1.62 bits per heavy atom. The molecule has 0 aliphatic rings. The summed E-state index contributed by atoms with van der Waals surface area (Å²) in [6.07, 6.45) is 2.41. The first kappa shape index (κ1) is 27.0. The van der Waals surface area contributed by atoms with Gasteiger partial charge in [-0.1, -0.05) is 76.6 Å². The summed E-state index contributed by atoms with van der Waals surface area (Å²) >= 11 is 0. The zero-order valence-electron chi connectivity index (χ0n) is 21.0. The first-order valence-corrected chi connectivity index (χ1v) is 12.0. The second-order valence-electron chi connectivity index (χ2n) is 8.89. The molecule has 0 bridgehead atoms. The van der Waals surface area contributed by atoms with Crippen LogP contribution in [-0.2, 0) is 19.1 Å². The van der Waals surface area contributed by atoms with Gasteiger partial charge in [0.25, 0.3) is 0 Å². The molecule has 4 unspecified atom stereocenters. The number of amides is 2. The van der Waals surface area contributed by atoms with Crippen LogP contribution in [0.3, 0.4) is 0 Å². The van der Waals surface area contributed by atoms with Crippen LogP contribution in [0.15, 0.2) is 47.5 Å². The first-order valence-electron chi connectivity index (χ1n) is 12.0. The maximum Gasteiger partial charge on any atom is 0.328 e. The Hall–Kier alpha value is -3.22. The van der Waals surface area contributed by atoms with Crippen molar-refractivity contribution >= 4 is 34.8 Å². The fourth-order valence-electron chi connectivity index (χ4n) is 3.64. The molecule has 0 aliphatic heterocycles. The fraction of sp³-hybridized carbons (Fsp3) is 0.481. The lowest BCUT2D eigenvalue weighted by molar-refractivity contribution is -0.147. The Bertz CT molecular complexity index is 1010.